The highest BCUT2D eigenvalue weighted by Gasteiger charge is 2.08. The number of halogens is 2. The Balaban J connectivity index is 2.47. The highest BCUT2D eigenvalue weighted by Crippen LogP contribution is 2.10. The number of aliphatic hydroxyl groups is 1. The maximum atomic E-state index is 13.3. The summed E-state index contributed by atoms with van der Waals surface area (Å²) in [4.78, 5) is 1.84. The van der Waals surface area contributed by atoms with Crippen molar-refractivity contribution < 1.29 is 13.9 Å². The molecule has 0 aromatic heterocycles. The molecule has 1 rings (SSSR count). The summed E-state index contributed by atoms with van der Waals surface area (Å²) < 4.78 is 26.2. The molecule has 0 heterocycles. The zero-order chi connectivity index (χ0) is 12.8. The molecule has 0 fully saturated rings. The Labute approximate surface area is 99.8 Å². The molecule has 0 radical (unpaired) electrons. The molecule has 0 saturated heterocycles. The van der Waals surface area contributed by atoms with Gasteiger partial charge >= 0.3 is 0 Å². The number of rotatable bonds is 6. The quantitative estimate of drug-likeness (QED) is 0.776. The molecule has 0 amide bonds. The van der Waals surface area contributed by atoms with Crippen LogP contribution < -0.4 is 5.73 Å². The summed E-state index contributed by atoms with van der Waals surface area (Å²) in [6.45, 7) is 1.16. The Morgan fingerprint density at radius 3 is 2.76 bits per heavy atom. The normalized spacial score (nSPS) is 13.1. The van der Waals surface area contributed by atoms with Crippen LogP contribution in [0.4, 0.5) is 8.78 Å². The molecule has 0 aliphatic rings. The van der Waals surface area contributed by atoms with Crippen molar-refractivity contribution in [3.8, 4) is 0 Å². The Bertz CT molecular complexity index is 360. The van der Waals surface area contributed by atoms with Crippen LogP contribution in [0.3, 0.4) is 0 Å². The first-order valence-electron chi connectivity index (χ1n) is 5.53. The Hall–Kier alpha value is -1.04. The number of nitrogens with two attached hydrogens (primary N) is 1. The minimum atomic E-state index is -0.586. The highest BCUT2D eigenvalue weighted by molar-refractivity contribution is 5.18. The van der Waals surface area contributed by atoms with E-state index in [4.69, 9.17) is 5.73 Å². The fraction of sp³-hybridized carbons (Fsp3) is 0.500. The van der Waals surface area contributed by atoms with Crippen molar-refractivity contribution in [2.75, 3.05) is 26.7 Å². The fourth-order valence-electron chi connectivity index (χ4n) is 1.57. The van der Waals surface area contributed by atoms with Crippen LogP contribution in [0.15, 0.2) is 18.2 Å². The van der Waals surface area contributed by atoms with E-state index in [1.807, 2.05) is 4.90 Å². The summed E-state index contributed by atoms with van der Waals surface area (Å²) in [6.07, 6.45) is -0.186. The third-order valence-electron chi connectivity index (χ3n) is 2.57. The lowest BCUT2D eigenvalue weighted by Crippen LogP contribution is -2.35. The fourth-order valence-corrected chi connectivity index (χ4v) is 1.57. The molecule has 3 N–H and O–H groups in total. The average Bonchev–Trinajstić information content (AvgIpc) is 2.30. The van der Waals surface area contributed by atoms with Gasteiger partial charge in [0.1, 0.15) is 11.6 Å². The van der Waals surface area contributed by atoms with Crippen LogP contribution in [0.1, 0.15) is 5.56 Å². The van der Waals surface area contributed by atoms with Gasteiger partial charge in [-0.25, -0.2) is 8.78 Å². The molecule has 1 aromatic carbocycles. The van der Waals surface area contributed by atoms with Crippen molar-refractivity contribution >= 4 is 0 Å². The van der Waals surface area contributed by atoms with Gasteiger partial charge in [0.05, 0.1) is 6.10 Å². The highest BCUT2D eigenvalue weighted by atomic mass is 19.1. The summed E-state index contributed by atoms with van der Waals surface area (Å²) in [5.41, 5.74) is 5.63. The minimum absolute atomic E-state index is 0.193. The van der Waals surface area contributed by atoms with Gasteiger partial charge in [-0.15, -0.1) is 0 Å². The number of hydrogen-bond donors (Lipinski definition) is 2. The smallest absolute Gasteiger partial charge is 0.126 e. The SMILES string of the molecule is CN(CCc1cc(F)ccc1F)CC(O)CN. The number of likely N-dealkylation sites (N-methyl/N-ethyl adjacent to an activating group) is 1. The number of benzene rings is 1. The Morgan fingerprint density at radius 1 is 1.41 bits per heavy atom. The largest absolute Gasteiger partial charge is 0.390 e. The predicted molar refractivity (Wildman–Crippen MR) is 62.6 cm³/mol. The van der Waals surface area contributed by atoms with E-state index in [1.54, 1.807) is 7.05 Å². The molecular weight excluding hydrogens is 226 g/mol. The third kappa shape index (κ3) is 4.77. The van der Waals surface area contributed by atoms with Crippen molar-refractivity contribution in [3.05, 3.63) is 35.4 Å². The third-order valence-corrected chi connectivity index (χ3v) is 2.57. The lowest BCUT2D eigenvalue weighted by molar-refractivity contribution is 0.133. The zero-order valence-electron chi connectivity index (χ0n) is 9.87. The number of nitrogens with zero attached hydrogens (tertiary/aromatic N) is 1. The molecule has 17 heavy (non-hydrogen) atoms. The van der Waals surface area contributed by atoms with E-state index in [1.165, 1.54) is 6.07 Å². The molecule has 3 nitrogen and oxygen atoms in total. The van der Waals surface area contributed by atoms with Crippen molar-refractivity contribution in [1.82, 2.24) is 4.90 Å². The summed E-state index contributed by atoms with van der Waals surface area (Å²) in [7, 11) is 1.80. The second-order valence-corrected chi connectivity index (χ2v) is 4.14. The Kier molecular flexibility index (Phi) is 5.47. The molecule has 1 unspecified atom stereocenters. The van der Waals surface area contributed by atoms with Crippen molar-refractivity contribution in [2.45, 2.75) is 12.5 Å². The van der Waals surface area contributed by atoms with Crippen LogP contribution in [0.25, 0.3) is 0 Å². The first-order valence-corrected chi connectivity index (χ1v) is 5.53. The van der Waals surface area contributed by atoms with Crippen LogP contribution in [-0.2, 0) is 6.42 Å². The van der Waals surface area contributed by atoms with E-state index < -0.39 is 17.7 Å². The molecule has 96 valence electrons. The van der Waals surface area contributed by atoms with E-state index in [9.17, 15) is 13.9 Å². The molecular formula is C12H18F2N2O. The Morgan fingerprint density at radius 2 is 2.12 bits per heavy atom. The van der Waals surface area contributed by atoms with Gasteiger partial charge in [-0.1, -0.05) is 0 Å². The average molecular weight is 244 g/mol. The van der Waals surface area contributed by atoms with Gasteiger partial charge < -0.3 is 15.7 Å². The van der Waals surface area contributed by atoms with Gasteiger partial charge in [-0.3, -0.25) is 0 Å². The first kappa shape index (κ1) is 14.0. The maximum absolute atomic E-state index is 13.3. The van der Waals surface area contributed by atoms with E-state index in [-0.39, 0.29) is 6.54 Å². The van der Waals surface area contributed by atoms with Crippen LogP contribution in [0.5, 0.6) is 0 Å². The summed E-state index contributed by atoms with van der Waals surface area (Å²) in [5, 5.41) is 9.32. The summed E-state index contributed by atoms with van der Waals surface area (Å²) >= 11 is 0. The van der Waals surface area contributed by atoms with Crippen LogP contribution in [0.2, 0.25) is 0 Å². The molecule has 0 spiro atoms. The number of aliphatic hydroxyl groups excluding tert-OH is 1. The van der Waals surface area contributed by atoms with E-state index >= 15 is 0 Å². The van der Waals surface area contributed by atoms with Crippen LogP contribution >= 0.6 is 0 Å². The van der Waals surface area contributed by atoms with Gasteiger partial charge in [0.25, 0.3) is 0 Å². The summed E-state index contributed by atoms with van der Waals surface area (Å²) in [5.74, 6) is -0.842. The number of hydrogen-bond acceptors (Lipinski definition) is 3. The van der Waals surface area contributed by atoms with Gasteiger partial charge in [0.15, 0.2) is 0 Å². The van der Waals surface area contributed by atoms with Crippen LogP contribution in [0, 0.1) is 11.6 Å². The van der Waals surface area contributed by atoms with E-state index in [0.717, 1.165) is 12.1 Å². The molecule has 1 atom stereocenters. The van der Waals surface area contributed by atoms with Crippen molar-refractivity contribution in [1.29, 1.82) is 0 Å². The minimum Gasteiger partial charge on any atom is -0.390 e. The van der Waals surface area contributed by atoms with Crippen LogP contribution in [-0.4, -0.2) is 42.8 Å². The predicted octanol–water partition coefficient (Wildman–Crippen LogP) is 0.759. The lowest BCUT2D eigenvalue weighted by atomic mass is 10.1. The molecule has 0 saturated carbocycles. The second-order valence-electron chi connectivity index (χ2n) is 4.14. The summed E-state index contributed by atoms with van der Waals surface area (Å²) in [6, 6.07) is 3.42. The molecule has 0 aliphatic carbocycles. The second kappa shape index (κ2) is 6.64. The monoisotopic (exact) mass is 244 g/mol. The first-order chi connectivity index (χ1) is 8.02. The lowest BCUT2D eigenvalue weighted by Gasteiger charge is -2.19. The maximum Gasteiger partial charge on any atom is 0.126 e. The molecule has 5 heteroatoms. The van der Waals surface area contributed by atoms with Gasteiger partial charge in [-0.2, -0.15) is 0 Å². The molecule has 0 aliphatic heterocycles. The standard InChI is InChI=1S/C12H18F2N2O/c1-16(8-11(17)7-15)5-4-9-6-10(13)2-3-12(9)14/h2-3,6,11,17H,4-5,7-8,15H2,1H3. The molecule has 1 aromatic rings. The zero-order valence-corrected chi connectivity index (χ0v) is 9.87. The van der Waals surface area contributed by atoms with Gasteiger partial charge in [-0.05, 0) is 37.2 Å². The van der Waals surface area contributed by atoms with E-state index in [2.05, 4.69) is 0 Å². The van der Waals surface area contributed by atoms with Crippen molar-refractivity contribution in [3.63, 3.8) is 0 Å². The van der Waals surface area contributed by atoms with Gasteiger partial charge in [0.2, 0.25) is 0 Å². The molecule has 0 bridgehead atoms. The topological polar surface area (TPSA) is 49.5 Å². The van der Waals surface area contributed by atoms with Crippen molar-refractivity contribution in [2.24, 2.45) is 5.73 Å². The van der Waals surface area contributed by atoms with E-state index in [0.29, 0.717) is 25.1 Å². The van der Waals surface area contributed by atoms with Gasteiger partial charge in [0, 0.05) is 19.6 Å².